The van der Waals surface area contributed by atoms with Gasteiger partial charge in [0.15, 0.2) is 5.13 Å². The predicted octanol–water partition coefficient (Wildman–Crippen LogP) is 5.03. The van der Waals surface area contributed by atoms with Gasteiger partial charge in [-0.15, -0.1) is 11.3 Å². The Balaban J connectivity index is 1.80. The molecule has 0 unspecified atom stereocenters. The summed E-state index contributed by atoms with van der Waals surface area (Å²) in [6.45, 7) is 5.52. The molecule has 0 saturated heterocycles. The molecule has 0 aliphatic carbocycles. The lowest BCUT2D eigenvalue weighted by molar-refractivity contribution is -0.115. The highest BCUT2D eigenvalue weighted by Crippen LogP contribution is 2.32. The van der Waals surface area contributed by atoms with Gasteiger partial charge in [0, 0.05) is 12.3 Å². The van der Waals surface area contributed by atoms with Crippen LogP contribution in [-0.2, 0) is 4.79 Å². The van der Waals surface area contributed by atoms with Crippen molar-refractivity contribution < 1.29 is 9.18 Å². The lowest BCUT2D eigenvalue weighted by Gasteiger charge is -2.21. The van der Waals surface area contributed by atoms with E-state index in [-0.39, 0.29) is 11.7 Å². The molecular formula is C20H19FN4OS. The first-order valence-electron chi connectivity index (χ1n) is 8.33. The van der Waals surface area contributed by atoms with Crippen LogP contribution in [0.3, 0.4) is 0 Å². The van der Waals surface area contributed by atoms with E-state index < -0.39 is 0 Å². The molecule has 0 fully saturated rings. The second kappa shape index (κ2) is 8.09. The average molecular weight is 382 g/mol. The monoisotopic (exact) mass is 382 g/mol. The number of halogens is 1. The maximum Gasteiger partial charge on any atom is 0.230 e. The number of carbonyl (C=O) groups excluding carboxylic acids is 1. The summed E-state index contributed by atoms with van der Waals surface area (Å²) < 4.78 is 12.9. The molecule has 1 aromatic heterocycles. The molecule has 0 atom stereocenters. The van der Waals surface area contributed by atoms with Crippen LogP contribution in [0.15, 0.2) is 52.9 Å². The highest BCUT2D eigenvalue weighted by Gasteiger charge is 2.19. The zero-order chi connectivity index (χ0) is 19.4. The number of thiazole rings is 1. The summed E-state index contributed by atoms with van der Waals surface area (Å²) in [5.74, 6) is -0.407. The van der Waals surface area contributed by atoms with Crippen molar-refractivity contribution in [2.24, 2.45) is 5.10 Å². The molecule has 1 heterocycles. The fourth-order valence-electron chi connectivity index (χ4n) is 2.52. The molecular weight excluding hydrogens is 363 g/mol. The third kappa shape index (κ3) is 4.38. The van der Waals surface area contributed by atoms with Crippen LogP contribution in [0.5, 0.6) is 0 Å². The molecule has 0 bridgehead atoms. The van der Waals surface area contributed by atoms with Gasteiger partial charge in [0.2, 0.25) is 5.91 Å². The quantitative estimate of drug-likeness (QED) is 0.497. The van der Waals surface area contributed by atoms with Crippen LogP contribution < -0.4 is 10.3 Å². The Labute approximate surface area is 161 Å². The van der Waals surface area contributed by atoms with E-state index in [1.807, 2.05) is 37.4 Å². The van der Waals surface area contributed by atoms with Crippen LogP contribution in [0.1, 0.15) is 23.7 Å². The topological polar surface area (TPSA) is 57.6 Å². The molecule has 2 aromatic carbocycles. The van der Waals surface area contributed by atoms with Crippen LogP contribution in [0.2, 0.25) is 0 Å². The van der Waals surface area contributed by atoms with Crippen molar-refractivity contribution in [1.82, 2.24) is 4.98 Å². The number of benzene rings is 2. The van der Waals surface area contributed by atoms with Crippen LogP contribution in [0, 0.1) is 19.7 Å². The van der Waals surface area contributed by atoms with Gasteiger partial charge >= 0.3 is 0 Å². The lowest BCUT2D eigenvalue weighted by Crippen LogP contribution is -2.23. The molecule has 3 aromatic rings. The molecule has 0 aliphatic heterocycles. The SMILES string of the molecule is CC(=O)N(c1nc(/C=N\Nc2ccc(F)cc2)cs1)c1cccc(C)c1C. The Bertz CT molecular complexity index is 982. The average Bonchev–Trinajstić information content (AvgIpc) is 3.09. The molecule has 1 N–H and O–H groups in total. The highest BCUT2D eigenvalue weighted by atomic mass is 32.1. The molecule has 0 spiro atoms. The van der Waals surface area contributed by atoms with Crippen molar-refractivity contribution in [3.05, 3.63) is 70.5 Å². The number of nitrogens with zero attached hydrogens (tertiary/aromatic N) is 3. The minimum atomic E-state index is -0.301. The van der Waals surface area contributed by atoms with Gasteiger partial charge in [-0.2, -0.15) is 5.10 Å². The van der Waals surface area contributed by atoms with E-state index in [0.717, 1.165) is 16.8 Å². The smallest absolute Gasteiger partial charge is 0.230 e. The molecule has 0 saturated carbocycles. The van der Waals surface area contributed by atoms with Gasteiger partial charge in [-0.25, -0.2) is 9.37 Å². The van der Waals surface area contributed by atoms with Gasteiger partial charge < -0.3 is 0 Å². The zero-order valence-electron chi connectivity index (χ0n) is 15.2. The summed E-state index contributed by atoms with van der Waals surface area (Å²) >= 11 is 1.37. The van der Waals surface area contributed by atoms with Gasteiger partial charge in [-0.1, -0.05) is 12.1 Å². The molecule has 1 amide bonds. The van der Waals surface area contributed by atoms with Crippen molar-refractivity contribution in [2.45, 2.75) is 20.8 Å². The fraction of sp³-hybridized carbons (Fsp3) is 0.150. The molecule has 7 heteroatoms. The number of aromatic nitrogens is 1. The number of aryl methyl sites for hydroxylation is 1. The Morgan fingerprint density at radius 3 is 2.67 bits per heavy atom. The van der Waals surface area contributed by atoms with Gasteiger partial charge in [0.25, 0.3) is 0 Å². The Hall–Kier alpha value is -3.06. The number of carbonyl (C=O) groups is 1. The molecule has 0 aliphatic rings. The second-order valence-corrected chi connectivity index (χ2v) is 6.84. The molecule has 0 radical (unpaired) electrons. The van der Waals surface area contributed by atoms with Crippen molar-refractivity contribution in [2.75, 3.05) is 10.3 Å². The Morgan fingerprint density at radius 2 is 1.96 bits per heavy atom. The largest absolute Gasteiger partial charge is 0.278 e. The van der Waals surface area contributed by atoms with E-state index in [2.05, 4.69) is 15.5 Å². The number of anilines is 3. The molecule has 3 rings (SSSR count). The van der Waals surface area contributed by atoms with Gasteiger partial charge in [-0.3, -0.25) is 15.1 Å². The number of amides is 1. The zero-order valence-corrected chi connectivity index (χ0v) is 16.0. The highest BCUT2D eigenvalue weighted by molar-refractivity contribution is 7.14. The molecule has 138 valence electrons. The number of nitrogens with one attached hydrogen (secondary N) is 1. The van der Waals surface area contributed by atoms with E-state index in [0.29, 0.717) is 16.5 Å². The van der Waals surface area contributed by atoms with Gasteiger partial charge in [0.05, 0.1) is 23.3 Å². The summed E-state index contributed by atoms with van der Waals surface area (Å²) in [5, 5.41) is 6.52. The van der Waals surface area contributed by atoms with Crippen LogP contribution in [-0.4, -0.2) is 17.1 Å². The van der Waals surface area contributed by atoms with Crippen molar-refractivity contribution in [1.29, 1.82) is 0 Å². The molecule has 27 heavy (non-hydrogen) atoms. The van der Waals surface area contributed by atoms with Crippen molar-refractivity contribution in [3.8, 4) is 0 Å². The number of hydrogen-bond acceptors (Lipinski definition) is 5. The fourth-order valence-corrected chi connectivity index (χ4v) is 3.35. The second-order valence-electron chi connectivity index (χ2n) is 6.01. The van der Waals surface area contributed by atoms with Crippen LogP contribution in [0.4, 0.5) is 20.9 Å². The standard InChI is InChI=1S/C20H19FN4OS/c1-13-5-4-6-19(14(13)2)25(15(3)26)20-23-18(12-27-20)11-22-24-17-9-7-16(21)8-10-17/h4-12,24H,1-3H3/b22-11-. The normalized spacial score (nSPS) is 11.0. The van der Waals surface area contributed by atoms with E-state index >= 15 is 0 Å². The number of hydrazone groups is 1. The van der Waals surface area contributed by atoms with Gasteiger partial charge in [0.1, 0.15) is 5.82 Å². The van der Waals surface area contributed by atoms with Crippen LogP contribution in [0.25, 0.3) is 0 Å². The van der Waals surface area contributed by atoms with Gasteiger partial charge in [-0.05, 0) is 55.3 Å². The predicted molar refractivity (Wildman–Crippen MR) is 108 cm³/mol. The summed E-state index contributed by atoms with van der Waals surface area (Å²) in [4.78, 5) is 18.4. The minimum Gasteiger partial charge on any atom is -0.278 e. The maximum atomic E-state index is 12.9. The van der Waals surface area contributed by atoms with E-state index in [4.69, 9.17) is 0 Å². The lowest BCUT2D eigenvalue weighted by atomic mass is 10.1. The third-order valence-corrected chi connectivity index (χ3v) is 4.91. The molecule has 5 nitrogen and oxygen atoms in total. The van der Waals surface area contributed by atoms with E-state index in [1.165, 1.54) is 30.4 Å². The summed E-state index contributed by atoms with van der Waals surface area (Å²) in [6, 6.07) is 11.7. The Kier molecular flexibility index (Phi) is 5.61. The first kappa shape index (κ1) is 18.7. The minimum absolute atomic E-state index is 0.106. The number of hydrogen-bond donors (Lipinski definition) is 1. The van der Waals surface area contributed by atoms with Crippen LogP contribution >= 0.6 is 11.3 Å². The summed E-state index contributed by atoms with van der Waals surface area (Å²) in [6.07, 6.45) is 1.56. The summed E-state index contributed by atoms with van der Waals surface area (Å²) in [7, 11) is 0. The van der Waals surface area contributed by atoms with E-state index in [9.17, 15) is 9.18 Å². The maximum absolute atomic E-state index is 12.9. The number of rotatable bonds is 5. The summed E-state index contributed by atoms with van der Waals surface area (Å²) in [5.41, 5.74) is 7.09. The first-order chi connectivity index (χ1) is 13.0. The Morgan fingerprint density at radius 1 is 1.22 bits per heavy atom. The third-order valence-electron chi connectivity index (χ3n) is 4.07. The van der Waals surface area contributed by atoms with Crippen molar-refractivity contribution >= 4 is 40.0 Å². The van der Waals surface area contributed by atoms with Crippen molar-refractivity contribution in [3.63, 3.8) is 0 Å². The van der Waals surface area contributed by atoms with E-state index in [1.54, 1.807) is 23.2 Å². The first-order valence-corrected chi connectivity index (χ1v) is 9.21.